The van der Waals surface area contributed by atoms with Gasteiger partial charge in [-0.05, 0) is 17.7 Å². The number of carbonyl (C=O) groups excluding carboxylic acids is 1. The van der Waals surface area contributed by atoms with Crippen LogP contribution in [0.4, 0.5) is 0 Å². The van der Waals surface area contributed by atoms with Crippen molar-refractivity contribution in [3.63, 3.8) is 0 Å². The van der Waals surface area contributed by atoms with E-state index in [1.807, 2.05) is 0 Å². The molecule has 0 fully saturated rings. The molecular formula is C11H11ClO5S. The van der Waals surface area contributed by atoms with Gasteiger partial charge in [0.15, 0.2) is 21.3 Å². The highest BCUT2D eigenvalue weighted by atomic mass is 35.5. The predicted octanol–water partition coefficient (Wildman–Crippen LogP) is 1.63. The number of halogens is 1. The van der Waals surface area contributed by atoms with Gasteiger partial charge in [-0.2, -0.15) is 0 Å². The number of hydrogen-bond acceptors (Lipinski definition) is 5. The molecule has 0 N–H and O–H groups in total. The summed E-state index contributed by atoms with van der Waals surface area (Å²) in [6.07, 6.45) is 0. The Hall–Kier alpha value is -1.27. The van der Waals surface area contributed by atoms with Crippen LogP contribution in [0.5, 0.6) is 11.5 Å². The molecule has 0 atom stereocenters. The Morgan fingerprint density at radius 3 is 2.61 bits per heavy atom. The van der Waals surface area contributed by atoms with E-state index < -0.39 is 15.1 Å². The molecule has 0 bridgehead atoms. The molecule has 1 aromatic carbocycles. The second-order valence-electron chi connectivity index (χ2n) is 3.67. The molecule has 2 rings (SSSR count). The van der Waals surface area contributed by atoms with Crippen molar-refractivity contribution in [2.45, 2.75) is 11.8 Å². The second-order valence-corrected chi connectivity index (χ2v) is 6.29. The van der Waals surface area contributed by atoms with E-state index in [4.69, 9.17) is 21.1 Å². The average Bonchev–Trinajstić information content (AvgIpc) is 2.37. The Bertz CT molecular complexity index is 594. The van der Waals surface area contributed by atoms with E-state index in [-0.39, 0.29) is 27.7 Å². The Morgan fingerprint density at radius 2 is 2.00 bits per heavy atom. The van der Waals surface area contributed by atoms with Crippen molar-refractivity contribution in [3.8, 4) is 11.5 Å². The fourth-order valence-electron chi connectivity index (χ4n) is 1.62. The fraction of sp³-hybridized carbons (Fsp3) is 0.364. The summed E-state index contributed by atoms with van der Waals surface area (Å²) in [7, 11) is -3.43. The molecule has 0 saturated heterocycles. The third-order valence-corrected chi connectivity index (χ3v) is 4.48. The zero-order valence-electron chi connectivity index (χ0n) is 9.60. The van der Waals surface area contributed by atoms with Crippen molar-refractivity contribution in [2.75, 3.05) is 19.0 Å². The lowest BCUT2D eigenvalue weighted by Gasteiger charge is -2.20. The Morgan fingerprint density at radius 1 is 1.33 bits per heavy atom. The summed E-state index contributed by atoms with van der Waals surface area (Å²) in [6.45, 7) is 2.12. The highest BCUT2D eigenvalue weighted by Gasteiger charge is 2.24. The van der Waals surface area contributed by atoms with E-state index in [2.05, 4.69) is 0 Å². The minimum absolute atomic E-state index is 0.0123. The average molecular weight is 291 g/mol. The van der Waals surface area contributed by atoms with E-state index in [1.165, 1.54) is 19.1 Å². The number of hydrogen-bond donors (Lipinski definition) is 0. The predicted molar refractivity (Wildman–Crippen MR) is 65.3 cm³/mol. The highest BCUT2D eigenvalue weighted by molar-refractivity contribution is 7.91. The molecule has 5 nitrogen and oxygen atoms in total. The van der Waals surface area contributed by atoms with Crippen LogP contribution in [0.25, 0.3) is 0 Å². The first-order valence-electron chi connectivity index (χ1n) is 5.32. The van der Waals surface area contributed by atoms with E-state index in [0.717, 1.165) is 0 Å². The van der Waals surface area contributed by atoms with Gasteiger partial charge in [-0.1, -0.05) is 6.92 Å². The molecule has 0 unspecified atom stereocenters. The number of sulfone groups is 1. The quantitative estimate of drug-likeness (QED) is 0.791. The Balaban J connectivity index is 2.66. The molecule has 1 aromatic rings. The van der Waals surface area contributed by atoms with Crippen LogP contribution in [-0.4, -0.2) is 32.6 Å². The summed E-state index contributed by atoms with van der Waals surface area (Å²) in [5.74, 6) is 0.374. The lowest BCUT2D eigenvalue weighted by atomic mass is 10.2. The second kappa shape index (κ2) is 4.78. The molecule has 0 saturated carbocycles. The van der Waals surface area contributed by atoms with Crippen LogP contribution >= 0.6 is 11.6 Å². The van der Waals surface area contributed by atoms with E-state index >= 15 is 0 Å². The number of benzene rings is 1. The minimum atomic E-state index is -3.43. The van der Waals surface area contributed by atoms with Gasteiger partial charge >= 0.3 is 0 Å². The first-order valence-corrected chi connectivity index (χ1v) is 7.35. The van der Waals surface area contributed by atoms with E-state index in [1.54, 1.807) is 0 Å². The summed E-state index contributed by atoms with van der Waals surface area (Å²) < 4.78 is 34.2. The molecule has 0 spiro atoms. The number of fused-ring (bicyclic) bond motifs is 1. The van der Waals surface area contributed by atoms with Gasteiger partial charge in [-0.3, -0.25) is 4.79 Å². The third-order valence-electron chi connectivity index (χ3n) is 2.57. The summed E-state index contributed by atoms with van der Waals surface area (Å²) in [5.41, 5.74) is 0.0147. The molecule has 0 aromatic heterocycles. The SMILES string of the molecule is CCS(=O)(=O)c1cc2c(c(C(=O)Cl)c1)OCCO2. The molecule has 1 aliphatic rings. The van der Waals surface area contributed by atoms with Crippen molar-refractivity contribution < 1.29 is 22.7 Å². The zero-order valence-corrected chi connectivity index (χ0v) is 11.2. The van der Waals surface area contributed by atoms with Gasteiger partial charge in [0.1, 0.15) is 13.2 Å². The molecule has 7 heteroatoms. The topological polar surface area (TPSA) is 69.7 Å². The molecular weight excluding hydrogens is 280 g/mol. The van der Waals surface area contributed by atoms with E-state index in [9.17, 15) is 13.2 Å². The van der Waals surface area contributed by atoms with Crippen LogP contribution in [0, 0.1) is 0 Å². The van der Waals surface area contributed by atoms with Gasteiger partial charge in [-0.15, -0.1) is 0 Å². The van der Waals surface area contributed by atoms with Crippen LogP contribution in [0.3, 0.4) is 0 Å². The highest BCUT2D eigenvalue weighted by Crippen LogP contribution is 2.37. The number of carbonyl (C=O) groups is 1. The van der Waals surface area contributed by atoms with Gasteiger partial charge < -0.3 is 9.47 Å². The molecule has 98 valence electrons. The van der Waals surface area contributed by atoms with Gasteiger partial charge in [-0.25, -0.2) is 8.42 Å². The molecule has 0 aliphatic carbocycles. The largest absolute Gasteiger partial charge is 0.486 e. The Kier molecular flexibility index (Phi) is 3.49. The third kappa shape index (κ3) is 2.30. The monoisotopic (exact) mass is 290 g/mol. The van der Waals surface area contributed by atoms with Crippen LogP contribution < -0.4 is 9.47 Å². The maximum absolute atomic E-state index is 11.8. The normalized spacial score (nSPS) is 14.3. The maximum atomic E-state index is 11.8. The lowest BCUT2D eigenvalue weighted by Crippen LogP contribution is -2.18. The standard InChI is InChI=1S/C11H11ClO5S/c1-2-18(14,15)7-5-8(11(12)13)10-9(6-7)16-3-4-17-10/h5-6H,2-4H2,1H3. The molecule has 1 aliphatic heterocycles. The van der Waals surface area contributed by atoms with Gasteiger partial charge in [0.25, 0.3) is 5.24 Å². The van der Waals surface area contributed by atoms with Crippen LogP contribution in [0.15, 0.2) is 17.0 Å². The first kappa shape index (κ1) is 13.2. The summed E-state index contributed by atoms with van der Waals surface area (Å²) >= 11 is 5.44. The molecule has 0 radical (unpaired) electrons. The van der Waals surface area contributed by atoms with Gasteiger partial charge in [0.05, 0.1) is 16.2 Å². The number of ether oxygens (including phenoxy) is 2. The summed E-state index contributed by atoms with van der Waals surface area (Å²) in [5, 5.41) is -0.773. The smallest absolute Gasteiger partial charge is 0.256 e. The molecule has 0 amide bonds. The fourth-order valence-corrected chi connectivity index (χ4v) is 2.68. The first-order chi connectivity index (χ1) is 8.45. The number of rotatable bonds is 3. The van der Waals surface area contributed by atoms with Crippen LogP contribution in [0.1, 0.15) is 17.3 Å². The van der Waals surface area contributed by atoms with Crippen molar-refractivity contribution in [2.24, 2.45) is 0 Å². The van der Waals surface area contributed by atoms with Crippen molar-refractivity contribution >= 4 is 26.7 Å². The Labute approximate surface area is 110 Å². The minimum Gasteiger partial charge on any atom is -0.486 e. The van der Waals surface area contributed by atoms with Crippen LogP contribution in [-0.2, 0) is 9.84 Å². The van der Waals surface area contributed by atoms with E-state index in [0.29, 0.717) is 13.2 Å². The van der Waals surface area contributed by atoms with Crippen molar-refractivity contribution in [3.05, 3.63) is 17.7 Å². The zero-order chi connectivity index (χ0) is 13.3. The van der Waals surface area contributed by atoms with Gasteiger partial charge in [0, 0.05) is 6.07 Å². The van der Waals surface area contributed by atoms with Crippen LogP contribution in [0.2, 0.25) is 0 Å². The molecule has 18 heavy (non-hydrogen) atoms. The summed E-state index contributed by atoms with van der Waals surface area (Å²) in [6, 6.07) is 2.58. The lowest BCUT2D eigenvalue weighted by molar-refractivity contribution is 0.106. The van der Waals surface area contributed by atoms with Crippen molar-refractivity contribution in [1.29, 1.82) is 0 Å². The van der Waals surface area contributed by atoms with Gasteiger partial charge in [0.2, 0.25) is 0 Å². The van der Waals surface area contributed by atoms with Crippen molar-refractivity contribution in [1.82, 2.24) is 0 Å². The maximum Gasteiger partial charge on any atom is 0.256 e. The summed E-state index contributed by atoms with van der Waals surface area (Å²) in [4.78, 5) is 11.3. The molecule has 1 heterocycles.